The van der Waals surface area contributed by atoms with Gasteiger partial charge in [-0.2, -0.15) is 0 Å². The van der Waals surface area contributed by atoms with E-state index in [9.17, 15) is 4.39 Å². The Morgan fingerprint density at radius 1 is 1.32 bits per heavy atom. The second kappa shape index (κ2) is 5.17. The van der Waals surface area contributed by atoms with Gasteiger partial charge in [-0.1, -0.05) is 19.1 Å². The molecule has 0 radical (unpaired) electrons. The zero-order valence-corrected chi connectivity index (χ0v) is 11.2. The molecule has 0 spiro atoms. The number of hydrogen-bond donors (Lipinski definition) is 1. The third-order valence-electron chi connectivity index (χ3n) is 3.91. The Labute approximate surface area is 113 Å². The van der Waals surface area contributed by atoms with Gasteiger partial charge in [-0.25, -0.2) is 4.39 Å². The van der Waals surface area contributed by atoms with Gasteiger partial charge in [-0.15, -0.1) is 0 Å². The van der Waals surface area contributed by atoms with E-state index in [-0.39, 0.29) is 5.82 Å². The SMILES string of the molecule is CCC1CN(c2cccc3cc(F)ccc23)CCN1. The van der Waals surface area contributed by atoms with Crippen LogP contribution in [-0.4, -0.2) is 25.7 Å². The van der Waals surface area contributed by atoms with E-state index < -0.39 is 0 Å². The van der Waals surface area contributed by atoms with Gasteiger partial charge < -0.3 is 10.2 Å². The fraction of sp³-hybridized carbons (Fsp3) is 0.375. The number of fused-ring (bicyclic) bond motifs is 1. The molecule has 1 aliphatic heterocycles. The van der Waals surface area contributed by atoms with Crippen molar-refractivity contribution in [3.63, 3.8) is 0 Å². The fourth-order valence-electron chi connectivity index (χ4n) is 2.83. The molecule has 2 aromatic rings. The maximum absolute atomic E-state index is 13.3. The van der Waals surface area contributed by atoms with Crippen molar-refractivity contribution in [3.8, 4) is 0 Å². The molecule has 1 unspecified atom stereocenters. The number of hydrogen-bond acceptors (Lipinski definition) is 2. The smallest absolute Gasteiger partial charge is 0.123 e. The lowest BCUT2D eigenvalue weighted by atomic mass is 10.1. The minimum Gasteiger partial charge on any atom is -0.368 e. The van der Waals surface area contributed by atoms with Crippen molar-refractivity contribution in [2.75, 3.05) is 24.5 Å². The molecule has 1 aliphatic rings. The summed E-state index contributed by atoms with van der Waals surface area (Å²) in [6.07, 6.45) is 1.13. The van der Waals surface area contributed by atoms with E-state index in [2.05, 4.69) is 23.2 Å². The first-order valence-electron chi connectivity index (χ1n) is 6.94. The van der Waals surface area contributed by atoms with Crippen LogP contribution in [0.1, 0.15) is 13.3 Å². The Kier molecular flexibility index (Phi) is 3.38. The van der Waals surface area contributed by atoms with Gasteiger partial charge in [0.15, 0.2) is 0 Å². The highest BCUT2D eigenvalue weighted by molar-refractivity contribution is 5.94. The molecule has 19 heavy (non-hydrogen) atoms. The first-order valence-corrected chi connectivity index (χ1v) is 6.94. The summed E-state index contributed by atoms with van der Waals surface area (Å²) in [5.74, 6) is -0.170. The van der Waals surface area contributed by atoms with Gasteiger partial charge >= 0.3 is 0 Å². The van der Waals surface area contributed by atoms with E-state index in [1.807, 2.05) is 18.2 Å². The Balaban J connectivity index is 2.00. The first kappa shape index (κ1) is 12.4. The normalized spacial score (nSPS) is 19.9. The van der Waals surface area contributed by atoms with Crippen molar-refractivity contribution in [2.24, 2.45) is 0 Å². The average molecular weight is 258 g/mol. The predicted molar refractivity (Wildman–Crippen MR) is 78.2 cm³/mol. The molecule has 0 aliphatic carbocycles. The third-order valence-corrected chi connectivity index (χ3v) is 3.91. The lowest BCUT2D eigenvalue weighted by molar-refractivity contribution is 0.447. The molecule has 0 saturated carbocycles. The summed E-state index contributed by atoms with van der Waals surface area (Å²) in [5.41, 5.74) is 1.22. The van der Waals surface area contributed by atoms with Crippen LogP contribution in [-0.2, 0) is 0 Å². The van der Waals surface area contributed by atoms with Gasteiger partial charge in [0.2, 0.25) is 0 Å². The van der Waals surface area contributed by atoms with E-state index in [0.717, 1.165) is 36.8 Å². The quantitative estimate of drug-likeness (QED) is 0.890. The lowest BCUT2D eigenvalue weighted by Gasteiger charge is -2.35. The summed E-state index contributed by atoms with van der Waals surface area (Å²) in [4.78, 5) is 2.41. The summed E-state index contributed by atoms with van der Waals surface area (Å²) in [5, 5.41) is 5.64. The number of benzene rings is 2. The van der Waals surface area contributed by atoms with Crippen LogP contribution in [0.3, 0.4) is 0 Å². The number of nitrogens with one attached hydrogen (secondary N) is 1. The zero-order chi connectivity index (χ0) is 13.2. The third kappa shape index (κ3) is 2.43. The molecule has 1 heterocycles. The van der Waals surface area contributed by atoms with Crippen LogP contribution in [0, 0.1) is 5.82 Å². The molecule has 100 valence electrons. The standard InChI is InChI=1S/C16H19FN2/c1-2-14-11-19(9-8-18-14)16-5-3-4-12-10-13(17)6-7-15(12)16/h3-7,10,14,18H,2,8-9,11H2,1H3. The van der Waals surface area contributed by atoms with Gasteiger partial charge in [-0.3, -0.25) is 0 Å². The van der Waals surface area contributed by atoms with E-state index in [1.165, 1.54) is 5.69 Å². The largest absolute Gasteiger partial charge is 0.368 e. The number of piperazine rings is 1. The molecule has 0 bridgehead atoms. The molecule has 3 rings (SSSR count). The van der Waals surface area contributed by atoms with Crippen LogP contribution < -0.4 is 10.2 Å². The highest BCUT2D eigenvalue weighted by Crippen LogP contribution is 2.28. The maximum Gasteiger partial charge on any atom is 0.123 e. The molecular formula is C16H19FN2. The highest BCUT2D eigenvalue weighted by Gasteiger charge is 2.19. The Hall–Kier alpha value is -1.61. The summed E-state index contributed by atoms with van der Waals surface area (Å²) < 4.78 is 13.3. The van der Waals surface area contributed by atoms with Crippen LogP contribution in [0.5, 0.6) is 0 Å². The average Bonchev–Trinajstić information content (AvgIpc) is 2.46. The molecule has 0 aromatic heterocycles. The maximum atomic E-state index is 13.3. The topological polar surface area (TPSA) is 15.3 Å². The van der Waals surface area contributed by atoms with Crippen molar-refractivity contribution in [1.29, 1.82) is 0 Å². The van der Waals surface area contributed by atoms with Crippen molar-refractivity contribution in [3.05, 3.63) is 42.2 Å². The summed E-state index contributed by atoms with van der Waals surface area (Å²) in [6.45, 7) is 5.25. The van der Waals surface area contributed by atoms with Crippen LogP contribution in [0.25, 0.3) is 10.8 Å². The summed E-state index contributed by atoms with van der Waals surface area (Å²) in [7, 11) is 0. The van der Waals surface area contributed by atoms with Crippen molar-refractivity contribution < 1.29 is 4.39 Å². The Morgan fingerprint density at radius 2 is 2.21 bits per heavy atom. The van der Waals surface area contributed by atoms with Crippen LogP contribution in [0.15, 0.2) is 36.4 Å². The molecule has 3 heteroatoms. The van der Waals surface area contributed by atoms with E-state index in [1.54, 1.807) is 12.1 Å². The number of halogens is 1. The van der Waals surface area contributed by atoms with Crippen molar-refractivity contribution in [2.45, 2.75) is 19.4 Å². The number of nitrogens with zero attached hydrogens (tertiary/aromatic N) is 1. The number of rotatable bonds is 2. The van der Waals surface area contributed by atoms with Crippen molar-refractivity contribution >= 4 is 16.5 Å². The molecule has 1 fully saturated rings. The van der Waals surface area contributed by atoms with Gasteiger partial charge in [0.25, 0.3) is 0 Å². The molecule has 1 N–H and O–H groups in total. The fourth-order valence-corrected chi connectivity index (χ4v) is 2.83. The van der Waals surface area contributed by atoms with Gasteiger partial charge in [0.1, 0.15) is 5.82 Å². The van der Waals surface area contributed by atoms with Gasteiger partial charge in [0, 0.05) is 36.7 Å². The lowest BCUT2D eigenvalue weighted by Crippen LogP contribution is -2.50. The van der Waals surface area contributed by atoms with E-state index in [4.69, 9.17) is 0 Å². The molecule has 0 amide bonds. The highest BCUT2D eigenvalue weighted by atomic mass is 19.1. The van der Waals surface area contributed by atoms with E-state index in [0.29, 0.717) is 6.04 Å². The number of anilines is 1. The predicted octanol–water partition coefficient (Wildman–Crippen LogP) is 3.17. The van der Waals surface area contributed by atoms with Crippen LogP contribution in [0.2, 0.25) is 0 Å². The molecule has 1 atom stereocenters. The van der Waals surface area contributed by atoms with Gasteiger partial charge in [-0.05, 0) is 36.1 Å². The van der Waals surface area contributed by atoms with E-state index >= 15 is 0 Å². The molecule has 2 aromatic carbocycles. The second-order valence-electron chi connectivity index (χ2n) is 5.15. The summed E-state index contributed by atoms with van der Waals surface area (Å²) >= 11 is 0. The summed E-state index contributed by atoms with van der Waals surface area (Å²) in [6, 6.07) is 11.7. The second-order valence-corrected chi connectivity index (χ2v) is 5.15. The molecular weight excluding hydrogens is 239 g/mol. The zero-order valence-electron chi connectivity index (χ0n) is 11.2. The van der Waals surface area contributed by atoms with Gasteiger partial charge in [0.05, 0.1) is 0 Å². The Bertz CT molecular complexity index is 582. The van der Waals surface area contributed by atoms with Crippen LogP contribution in [0.4, 0.5) is 10.1 Å². The monoisotopic (exact) mass is 258 g/mol. The van der Waals surface area contributed by atoms with Crippen molar-refractivity contribution in [1.82, 2.24) is 5.32 Å². The first-order chi connectivity index (χ1) is 9.28. The molecule has 2 nitrogen and oxygen atoms in total. The van der Waals surface area contributed by atoms with Crippen LogP contribution >= 0.6 is 0 Å². The minimum atomic E-state index is -0.170. The Morgan fingerprint density at radius 3 is 3.05 bits per heavy atom. The minimum absolute atomic E-state index is 0.170. The molecule has 1 saturated heterocycles.